The van der Waals surface area contributed by atoms with Crippen molar-refractivity contribution in [2.24, 2.45) is 11.5 Å². The van der Waals surface area contributed by atoms with Crippen molar-refractivity contribution in [3.05, 3.63) is 144 Å². The van der Waals surface area contributed by atoms with Gasteiger partial charge in [0, 0.05) is 60.0 Å². The summed E-state index contributed by atoms with van der Waals surface area (Å²) in [6.45, 7) is 0.265. The number of nitrogens with two attached hydrogens (primary N) is 2. The Bertz CT molecular complexity index is 2080. The number of pyridine rings is 2. The van der Waals surface area contributed by atoms with Crippen LogP contribution in [0.4, 0.5) is 11.4 Å². The Morgan fingerprint density at radius 1 is 0.604 bits per heavy atom. The number of hydrogen-bond donors (Lipinski definition) is 4. The van der Waals surface area contributed by atoms with Gasteiger partial charge in [-0.25, -0.2) is 4.79 Å². The summed E-state index contributed by atoms with van der Waals surface area (Å²) in [4.78, 5) is 47.2. The summed E-state index contributed by atoms with van der Waals surface area (Å²) < 4.78 is 5.53. The normalized spacial score (nSPS) is 12.3. The number of rotatable bonds is 11. The molecule has 2 amide bonds. The van der Waals surface area contributed by atoms with Crippen molar-refractivity contribution in [3.63, 3.8) is 0 Å². The zero-order valence-electron chi connectivity index (χ0n) is 26.0. The molecule has 4 aromatic carbocycles. The molecule has 0 spiro atoms. The molecule has 48 heavy (non-hydrogen) atoms. The van der Waals surface area contributed by atoms with Gasteiger partial charge in [0.2, 0.25) is 11.8 Å². The van der Waals surface area contributed by atoms with E-state index >= 15 is 0 Å². The second kappa shape index (κ2) is 14.6. The topological polar surface area (TPSA) is 162 Å². The van der Waals surface area contributed by atoms with Crippen molar-refractivity contribution in [1.82, 2.24) is 9.97 Å². The summed E-state index contributed by atoms with van der Waals surface area (Å²) in [5.74, 6) is -2.13. The highest BCUT2D eigenvalue weighted by atomic mass is 16.5. The number of esters is 1. The fourth-order valence-corrected chi connectivity index (χ4v) is 5.50. The summed E-state index contributed by atoms with van der Waals surface area (Å²) in [7, 11) is 0. The number of anilines is 2. The van der Waals surface area contributed by atoms with E-state index in [-0.39, 0.29) is 31.5 Å². The number of nitrogens with one attached hydrogen (secondary N) is 2. The summed E-state index contributed by atoms with van der Waals surface area (Å²) >= 11 is 0. The molecule has 0 bridgehead atoms. The van der Waals surface area contributed by atoms with Crippen LogP contribution < -0.4 is 22.1 Å². The maximum atomic E-state index is 13.1. The molecule has 2 atom stereocenters. The number of amides is 2. The predicted molar refractivity (Wildman–Crippen MR) is 186 cm³/mol. The average Bonchev–Trinajstić information content (AvgIpc) is 3.12. The van der Waals surface area contributed by atoms with Gasteiger partial charge in [-0.3, -0.25) is 19.6 Å². The highest BCUT2D eigenvalue weighted by Crippen LogP contribution is 2.24. The van der Waals surface area contributed by atoms with Crippen LogP contribution in [0.5, 0.6) is 0 Å². The van der Waals surface area contributed by atoms with Crippen LogP contribution in [0.3, 0.4) is 0 Å². The molecule has 2 aromatic heterocycles. The van der Waals surface area contributed by atoms with Crippen LogP contribution >= 0.6 is 0 Å². The van der Waals surface area contributed by atoms with E-state index in [9.17, 15) is 14.4 Å². The second-order valence-electron chi connectivity index (χ2n) is 11.4. The molecule has 0 aliphatic carbocycles. The number of nitrogens with zero attached hydrogens (tertiary/aromatic N) is 2. The lowest BCUT2D eigenvalue weighted by molar-refractivity contribution is -0.118. The molecule has 6 aromatic rings. The van der Waals surface area contributed by atoms with Gasteiger partial charge in [-0.05, 0) is 76.0 Å². The van der Waals surface area contributed by atoms with Gasteiger partial charge in [-0.2, -0.15) is 0 Å². The third kappa shape index (κ3) is 7.36. The molecule has 0 saturated heterocycles. The van der Waals surface area contributed by atoms with Crippen LogP contribution in [0, 0.1) is 0 Å². The van der Waals surface area contributed by atoms with E-state index in [0.29, 0.717) is 22.5 Å². The van der Waals surface area contributed by atoms with Crippen LogP contribution in [0.1, 0.15) is 38.9 Å². The maximum absolute atomic E-state index is 13.1. The van der Waals surface area contributed by atoms with Gasteiger partial charge in [-0.1, -0.05) is 48.5 Å². The van der Waals surface area contributed by atoms with E-state index < -0.39 is 17.8 Å². The lowest BCUT2D eigenvalue weighted by Gasteiger charge is -2.16. The Balaban J connectivity index is 1.03. The van der Waals surface area contributed by atoms with E-state index in [2.05, 4.69) is 20.6 Å². The average molecular weight is 639 g/mol. The molecule has 2 heterocycles. The summed E-state index contributed by atoms with van der Waals surface area (Å²) in [6, 6.07) is 28.9. The lowest BCUT2D eigenvalue weighted by atomic mass is 9.96. The number of aromatic nitrogens is 2. The van der Waals surface area contributed by atoms with Gasteiger partial charge in [-0.15, -0.1) is 0 Å². The third-order valence-corrected chi connectivity index (χ3v) is 8.22. The Hall–Kier alpha value is -5.97. The minimum atomic E-state index is -0.605. The predicted octanol–water partition coefficient (Wildman–Crippen LogP) is 5.50. The fraction of sp³-hybridized carbons (Fsp3) is 0.132. The SMILES string of the molecule is NC[C@@H](C(=O)Nc1ccc2cnccc2c1)c1ccc(COC(=O)c2ccc([C@@H](CN)C(=O)Nc3ccc4cnccc4c3)cc2)cc1. The van der Waals surface area contributed by atoms with E-state index in [4.69, 9.17) is 16.2 Å². The molecule has 6 rings (SSSR count). The first kappa shape index (κ1) is 32.0. The molecule has 0 unspecified atom stereocenters. The Kier molecular flexibility index (Phi) is 9.75. The fourth-order valence-electron chi connectivity index (χ4n) is 5.50. The Labute approximate surface area is 277 Å². The van der Waals surface area contributed by atoms with Crippen LogP contribution in [-0.4, -0.2) is 40.8 Å². The molecule has 0 aliphatic heterocycles. The summed E-state index contributed by atoms with van der Waals surface area (Å²) in [6.07, 6.45) is 6.94. The zero-order valence-corrected chi connectivity index (χ0v) is 26.0. The van der Waals surface area contributed by atoms with Gasteiger partial charge >= 0.3 is 5.97 Å². The smallest absolute Gasteiger partial charge is 0.338 e. The van der Waals surface area contributed by atoms with Crippen LogP contribution in [0.25, 0.3) is 21.5 Å². The highest BCUT2D eigenvalue weighted by molar-refractivity contribution is 5.99. The van der Waals surface area contributed by atoms with Crippen molar-refractivity contribution >= 4 is 50.7 Å². The molecule has 0 saturated carbocycles. The Morgan fingerprint density at radius 2 is 1.08 bits per heavy atom. The van der Waals surface area contributed by atoms with Crippen molar-refractivity contribution in [1.29, 1.82) is 0 Å². The number of carbonyl (C=O) groups excluding carboxylic acids is 3. The first-order valence-corrected chi connectivity index (χ1v) is 15.5. The molecular formula is C38H34N6O4. The minimum absolute atomic E-state index is 0.0436. The molecular weight excluding hydrogens is 604 g/mol. The first-order chi connectivity index (χ1) is 23.4. The Morgan fingerprint density at radius 3 is 1.56 bits per heavy atom. The number of fused-ring (bicyclic) bond motifs is 2. The maximum Gasteiger partial charge on any atom is 0.338 e. The molecule has 10 nitrogen and oxygen atoms in total. The van der Waals surface area contributed by atoms with Crippen molar-refractivity contribution in [3.8, 4) is 0 Å². The van der Waals surface area contributed by atoms with Crippen molar-refractivity contribution < 1.29 is 19.1 Å². The molecule has 6 N–H and O–H groups in total. The molecule has 0 radical (unpaired) electrons. The van der Waals surface area contributed by atoms with Gasteiger partial charge in [0.1, 0.15) is 6.61 Å². The number of ether oxygens (including phenoxy) is 1. The molecule has 240 valence electrons. The molecule has 0 fully saturated rings. The largest absolute Gasteiger partial charge is 0.457 e. The number of benzene rings is 4. The number of carbonyl (C=O) groups is 3. The van der Waals surface area contributed by atoms with E-state index in [1.54, 1.807) is 49.1 Å². The third-order valence-electron chi connectivity index (χ3n) is 8.22. The standard InChI is InChI=1S/C38H34N6O4/c39-19-34(36(45)43-32-11-9-30-21-41-15-13-28(30)17-32)25-3-1-24(2-4-25)23-48-38(47)27-7-5-26(6-8-27)35(20-40)37(46)44-33-12-10-31-22-42-16-14-29(31)18-33/h1-18,21-22,34-35H,19-20,23,39-40H2,(H,43,45)(H,44,46)/t34-,35-/m1/s1. The molecule has 10 heteroatoms. The van der Waals surface area contributed by atoms with Crippen LogP contribution in [-0.2, 0) is 20.9 Å². The summed E-state index contributed by atoms with van der Waals surface area (Å²) in [5, 5.41) is 9.78. The number of hydrogen-bond acceptors (Lipinski definition) is 8. The quantitative estimate of drug-likeness (QED) is 0.135. The lowest BCUT2D eigenvalue weighted by Crippen LogP contribution is -2.27. The summed E-state index contributed by atoms with van der Waals surface area (Å²) in [5.41, 5.74) is 15.8. The van der Waals surface area contributed by atoms with Crippen LogP contribution in [0.15, 0.2) is 122 Å². The molecule has 0 aliphatic rings. The van der Waals surface area contributed by atoms with Gasteiger partial charge < -0.3 is 26.8 Å². The van der Waals surface area contributed by atoms with Crippen molar-refractivity contribution in [2.75, 3.05) is 23.7 Å². The monoisotopic (exact) mass is 638 g/mol. The van der Waals surface area contributed by atoms with E-state index in [1.165, 1.54) is 0 Å². The first-order valence-electron chi connectivity index (χ1n) is 15.5. The zero-order chi connectivity index (χ0) is 33.5. The van der Waals surface area contributed by atoms with Crippen molar-refractivity contribution in [2.45, 2.75) is 18.4 Å². The minimum Gasteiger partial charge on any atom is -0.457 e. The van der Waals surface area contributed by atoms with Crippen LogP contribution in [0.2, 0.25) is 0 Å². The highest BCUT2D eigenvalue weighted by Gasteiger charge is 2.21. The second-order valence-corrected chi connectivity index (χ2v) is 11.4. The van der Waals surface area contributed by atoms with Gasteiger partial charge in [0.15, 0.2) is 0 Å². The van der Waals surface area contributed by atoms with E-state index in [0.717, 1.165) is 32.7 Å². The van der Waals surface area contributed by atoms with E-state index in [1.807, 2.05) is 72.8 Å². The van der Waals surface area contributed by atoms with Gasteiger partial charge in [0.25, 0.3) is 0 Å². The van der Waals surface area contributed by atoms with Gasteiger partial charge in [0.05, 0.1) is 17.4 Å².